The van der Waals surface area contributed by atoms with Gasteiger partial charge in [0.15, 0.2) is 5.82 Å². The van der Waals surface area contributed by atoms with Crippen molar-refractivity contribution < 1.29 is 0 Å². The molecule has 2 heterocycles. The SMILES string of the molecule is Cc1ccc(-c2nc(N3CCN(c4ccccc4Cl)CC3)c3ccccc3n2)cc1. The van der Waals surface area contributed by atoms with Crippen molar-refractivity contribution >= 4 is 34.0 Å². The summed E-state index contributed by atoms with van der Waals surface area (Å²) in [5.41, 5.74) is 4.36. The maximum absolute atomic E-state index is 6.41. The Morgan fingerprint density at radius 3 is 2.17 bits per heavy atom. The second-order valence-corrected chi connectivity index (χ2v) is 8.09. The lowest BCUT2D eigenvalue weighted by Crippen LogP contribution is -2.47. The summed E-state index contributed by atoms with van der Waals surface area (Å²) < 4.78 is 0. The third kappa shape index (κ3) is 3.59. The van der Waals surface area contributed by atoms with Gasteiger partial charge in [-0.15, -0.1) is 0 Å². The van der Waals surface area contributed by atoms with Crippen molar-refractivity contribution in [2.75, 3.05) is 36.0 Å². The first-order valence-electron chi connectivity index (χ1n) is 10.3. The van der Waals surface area contributed by atoms with Crippen molar-refractivity contribution in [1.29, 1.82) is 0 Å². The van der Waals surface area contributed by atoms with Crippen molar-refractivity contribution in [3.8, 4) is 11.4 Å². The molecule has 1 saturated heterocycles. The van der Waals surface area contributed by atoms with Crippen LogP contribution in [0.2, 0.25) is 5.02 Å². The summed E-state index contributed by atoms with van der Waals surface area (Å²) in [6, 6.07) is 24.7. The molecule has 3 aromatic carbocycles. The molecule has 0 radical (unpaired) electrons. The van der Waals surface area contributed by atoms with E-state index in [0.717, 1.165) is 65.0 Å². The molecule has 0 N–H and O–H groups in total. The van der Waals surface area contributed by atoms with E-state index in [9.17, 15) is 0 Å². The van der Waals surface area contributed by atoms with Crippen LogP contribution in [-0.4, -0.2) is 36.1 Å². The highest BCUT2D eigenvalue weighted by atomic mass is 35.5. The van der Waals surface area contributed by atoms with Crippen LogP contribution in [-0.2, 0) is 0 Å². The third-order valence-corrected chi connectivity index (χ3v) is 5.98. The molecule has 1 fully saturated rings. The lowest BCUT2D eigenvalue weighted by atomic mass is 10.1. The van der Waals surface area contributed by atoms with Gasteiger partial charge in [0, 0.05) is 37.1 Å². The van der Waals surface area contributed by atoms with E-state index in [0.29, 0.717) is 0 Å². The van der Waals surface area contributed by atoms with E-state index in [1.807, 2.05) is 24.3 Å². The normalized spacial score (nSPS) is 14.3. The molecule has 5 heteroatoms. The van der Waals surface area contributed by atoms with E-state index in [-0.39, 0.29) is 0 Å². The van der Waals surface area contributed by atoms with Gasteiger partial charge in [-0.1, -0.05) is 65.7 Å². The second-order valence-electron chi connectivity index (χ2n) is 7.68. The van der Waals surface area contributed by atoms with Crippen molar-refractivity contribution in [3.05, 3.63) is 83.4 Å². The number of benzene rings is 3. The van der Waals surface area contributed by atoms with Gasteiger partial charge in [0.1, 0.15) is 5.82 Å². The zero-order valence-electron chi connectivity index (χ0n) is 16.9. The summed E-state index contributed by atoms with van der Waals surface area (Å²) in [5.74, 6) is 1.78. The predicted molar refractivity (Wildman–Crippen MR) is 126 cm³/mol. The molecule has 0 saturated carbocycles. The average Bonchev–Trinajstić information content (AvgIpc) is 2.79. The quantitative estimate of drug-likeness (QED) is 0.437. The number of hydrogen-bond acceptors (Lipinski definition) is 4. The van der Waals surface area contributed by atoms with Crippen molar-refractivity contribution in [3.63, 3.8) is 0 Å². The van der Waals surface area contributed by atoms with Gasteiger partial charge >= 0.3 is 0 Å². The number of nitrogens with zero attached hydrogens (tertiary/aromatic N) is 4. The van der Waals surface area contributed by atoms with Crippen LogP contribution in [0.4, 0.5) is 11.5 Å². The van der Waals surface area contributed by atoms with Gasteiger partial charge in [-0.2, -0.15) is 0 Å². The van der Waals surface area contributed by atoms with Gasteiger partial charge < -0.3 is 9.80 Å². The summed E-state index contributed by atoms with van der Waals surface area (Å²) in [5, 5.41) is 1.90. The number of halogens is 1. The Labute approximate surface area is 181 Å². The van der Waals surface area contributed by atoms with Crippen LogP contribution in [0.3, 0.4) is 0 Å². The Morgan fingerprint density at radius 1 is 0.733 bits per heavy atom. The minimum Gasteiger partial charge on any atom is -0.367 e. The molecular formula is C25H23ClN4. The van der Waals surface area contributed by atoms with E-state index in [1.54, 1.807) is 0 Å². The van der Waals surface area contributed by atoms with Crippen molar-refractivity contribution in [1.82, 2.24) is 9.97 Å². The van der Waals surface area contributed by atoms with Crippen LogP contribution in [0, 0.1) is 6.92 Å². The van der Waals surface area contributed by atoms with E-state index < -0.39 is 0 Å². The molecule has 1 aliphatic rings. The standard InChI is InChI=1S/C25H23ClN4/c1-18-10-12-19(13-11-18)24-27-22-8-4-2-6-20(22)25(28-24)30-16-14-29(15-17-30)23-9-5-3-7-21(23)26/h2-13H,14-17H2,1H3. The topological polar surface area (TPSA) is 32.3 Å². The fourth-order valence-electron chi connectivity index (χ4n) is 4.00. The van der Waals surface area contributed by atoms with Crippen LogP contribution < -0.4 is 9.80 Å². The maximum Gasteiger partial charge on any atom is 0.162 e. The zero-order valence-corrected chi connectivity index (χ0v) is 17.7. The van der Waals surface area contributed by atoms with E-state index in [4.69, 9.17) is 21.6 Å². The molecule has 5 rings (SSSR count). The van der Waals surface area contributed by atoms with Crippen molar-refractivity contribution in [2.24, 2.45) is 0 Å². The van der Waals surface area contributed by atoms with E-state index in [2.05, 4.69) is 65.3 Å². The monoisotopic (exact) mass is 414 g/mol. The molecule has 0 aliphatic carbocycles. The van der Waals surface area contributed by atoms with E-state index in [1.165, 1.54) is 5.56 Å². The highest BCUT2D eigenvalue weighted by Gasteiger charge is 2.22. The lowest BCUT2D eigenvalue weighted by molar-refractivity contribution is 0.649. The van der Waals surface area contributed by atoms with Gasteiger partial charge in [-0.25, -0.2) is 9.97 Å². The minimum absolute atomic E-state index is 0.775. The van der Waals surface area contributed by atoms with E-state index >= 15 is 0 Å². The zero-order chi connectivity index (χ0) is 20.5. The highest BCUT2D eigenvalue weighted by Crippen LogP contribution is 2.30. The molecule has 1 aliphatic heterocycles. The van der Waals surface area contributed by atoms with Gasteiger partial charge in [0.05, 0.1) is 16.2 Å². The minimum atomic E-state index is 0.775. The molecule has 0 bridgehead atoms. The molecule has 4 aromatic rings. The Hall–Kier alpha value is -3.11. The molecule has 0 spiro atoms. The van der Waals surface area contributed by atoms with Crippen LogP contribution in [0.25, 0.3) is 22.3 Å². The molecule has 0 amide bonds. The third-order valence-electron chi connectivity index (χ3n) is 5.67. The number of aromatic nitrogens is 2. The number of aryl methyl sites for hydroxylation is 1. The molecule has 150 valence electrons. The first-order valence-corrected chi connectivity index (χ1v) is 10.6. The molecule has 1 aromatic heterocycles. The number of hydrogen-bond donors (Lipinski definition) is 0. The van der Waals surface area contributed by atoms with Crippen LogP contribution in [0.5, 0.6) is 0 Å². The fourth-order valence-corrected chi connectivity index (χ4v) is 4.26. The smallest absolute Gasteiger partial charge is 0.162 e. The molecule has 0 atom stereocenters. The summed E-state index contributed by atoms with van der Waals surface area (Å²) in [6.45, 7) is 5.68. The fraction of sp³-hybridized carbons (Fsp3) is 0.200. The maximum atomic E-state index is 6.41. The number of rotatable bonds is 3. The number of anilines is 2. The summed E-state index contributed by atoms with van der Waals surface area (Å²) in [7, 11) is 0. The molecular weight excluding hydrogens is 392 g/mol. The van der Waals surface area contributed by atoms with Crippen molar-refractivity contribution in [2.45, 2.75) is 6.92 Å². The highest BCUT2D eigenvalue weighted by molar-refractivity contribution is 6.33. The Morgan fingerprint density at radius 2 is 1.40 bits per heavy atom. The average molecular weight is 415 g/mol. The largest absolute Gasteiger partial charge is 0.367 e. The number of para-hydroxylation sites is 2. The molecule has 0 unspecified atom stereocenters. The Bertz CT molecular complexity index is 1180. The first-order chi connectivity index (χ1) is 14.7. The van der Waals surface area contributed by atoms with Gasteiger partial charge in [-0.3, -0.25) is 0 Å². The lowest BCUT2D eigenvalue weighted by Gasteiger charge is -2.37. The van der Waals surface area contributed by atoms with Crippen LogP contribution in [0.15, 0.2) is 72.8 Å². The van der Waals surface area contributed by atoms with Gasteiger partial charge in [0.2, 0.25) is 0 Å². The summed E-state index contributed by atoms with van der Waals surface area (Å²) in [4.78, 5) is 14.6. The second kappa shape index (κ2) is 7.96. The Kier molecular flexibility index (Phi) is 5.01. The number of fused-ring (bicyclic) bond motifs is 1. The summed E-state index contributed by atoms with van der Waals surface area (Å²) in [6.07, 6.45) is 0. The summed E-state index contributed by atoms with van der Waals surface area (Å²) >= 11 is 6.41. The molecule has 30 heavy (non-hydrogen) atoms. The van der Waals surface area contributed by atoms with Gasteiger partial charge in [0.25, 0.3) is 0 Å². The van der Waals surface area contributed by atoms with Crippen LogP contribution in [0.1, 0.15) is 5.56 Å². The number of piperazine rings is 1. The molecule has 4 nitrogen and oxygen atoms in total. The Balaban J connectivity index is 1.48. The van der Waals surface area contributed by atoms with Gasteiger partial charge in [-0.05, 0) is 31.2 Å². The first kappa shape index (κ1) is 18.9. The predicted octanol–water partition coefficient (Wildman–Crippen LogP) is 5.59. The van der Waals surface area contributed by atoms with Crippen LogP contribution >= 0.6 is 11.6 Å².